The first-order chi connectivity index (χ1) is 5.68. The van der Waals surface area contributed by atoms with Gasteiger partial charge in [-0.15, -0.1) is 0 Å². The quantitative estimate of drug-likeness (QED) is 0.474. The van der Waals surface area contributed by atoms with E-state index < -0.39 is 0 Å². The average Bonchev–Trinajstić information content (AvgIpc) is 2.06. The Hall–Kier alpha value is -0.340. The highest BCUT2D eigenvalue weighted by Crippen LogP contribution is 2.01. The van der Waals surface area contributed by atoms with Crippen molar-refractivity contribution in [2.24, 2.45) is 0 Å². The standard InChI is InChI=1S/C10H22NO/c1-4-6-7-8-11(3,5-2)9-10-12/h6-7,12H,4-5,8-10H2,1-3H3/q+1/b7-6-. The second-order valence-corrected chi connectivity index (χ2v) is 3.45. The van der Waals surface area contributed by atoms with Crippen molar-refractivity contribution >= 4 is 0 Å². The molecule has 0 aliphatic carbocycles. The Kier molecular flexibility index (Phi) is 6.03. The van der Waals surface area contributed by atoms with E-state index in [4.69, 9.17) is 5.11 Å². The number of hydrogen-bond donors (Lipinski definition) is 1. The molecule has 1 atom stereocenters. The van der Waals surface area contributed by atoms with E-state index in [1.54, 1.807) is 0 Å². The number of rotatable bonds is 6. The molecule has 72 valence electrons. The lowest BCUT2D eigenvalue weighted by molar-refractivity contribution is -0.902. The minimum Gasteiger partial charge on any atom is -0.391 e. The van der Waals surface area contributed by atoms with E-state index in [1.165, 1.54) is 0 Å². The van der Waals surface area contributed by atoms with Gasteiger partial charge in [0.1, 0.15) is 6.54 Å². The molecular formula is C10H22NO+. The molecule has 0 fully saturated rings. The minimum absolute atomic E-state index is 0.282. The molecule has 0 aromatic carbocycles. The molecule has 0 saturated heterocycles. The minimum atomic E-state index is 0.282. The lowest BCUT2D eigenvalue weighted by atomic mass is 10.3. The van der Waals surface area contributed by atoms with Crippen LogP contribution in [0.3, 0.4) is 0 Å². The first kappa shape index (κ1) is 11.7. The van der Waals surface area contributed by atoms with Gasteiger partial charge in [-0.3, -0.25) is 0 Å². The Morgan fingerprint density at radius 2 is 1.92 bits per heavy atom. The van der Waals surface area contributed by atoms with Gasteiger partial charge in [-0.05, 0) is 19.4 Å². The van der Waals surface area contributed by atoms with Crippen LogP contribution >= 0.6 is 0 Å². The van der Waals surface area contributed by atoms with Gasteiger partial charge in [0.25, 0.3) is 0 Å². The first-order valence-electron chi connectivity index (χ1n) is 4.78. The first-order valence-corrected chi connectivity index (χ1v) is 4.78. The van der Waals surface area contributed by atoms with Gasteiger partial charge >= 0.3 is 0 Å². The van der Waals surface area contributed by atoms with Gasteiger partial charge in [0.05, 0.1) is 26.7 Å². The van der Waals surface area contributed by atoms with E-state index in [9.17, 15) is 0 Å². The highest BCUT2D eigenvalue weighted by Gasteiger charge is 2.15. The topological polar surface area (TPSA) is 20.2 Å². The maximum atomic E-state index is 8.85. The molecule has 1 N–H and O–H groups in total. The highest BCUT2D eigenvalue weighted by molar-refractivity contribution is 4.79. The zero-order valence-electron chi connectivity index (χ0n) is 8.58. The van der Waals surface area contributed by atoms with Crippen LogP contribution in [0.4, 0.5) is 0 Å². The van der Waals surface area contributed by atoms with Gasteiger partial charge in [-0.2, -0.15) is 0 Å². The molecule has 0 saturated carbocycles. The molecule has 0 radical (unpaired) electrons. The number of hydrogen-bond acceptors (Lipinski definition) is 1. The molecular weight excluding hydrogens is 150 g/mol. The van der Waals surface area contributed by atoms with Gasteiger partial charge in [0, 0.05) is 0 Å². The normalized spacial score (nSPS) is 16.7. The fourth-order valence-corrected chi connectivity index (χ4v) is 1.12. The Bertz CT molecular complexity index is 134. The van der Waals surface area contributed by atoms with Crippen molar-refractivity contribution in [3.63, 3.8) is 0 Å². The lowest BCUT2D eigenvalue weighted by Gasteiger charge is -2.31. The van der Waals surface area contributed by atoms with Crippen molar-refractivity contribution in [1.82, 2.24) is 0 Å². The molecule has 0 aliphatic rings. The van der Waals surface area contributed by atoms with E-state index >= 15 is 0 Å². The summed E-state index contributed by atoms with van der Waals surface area (Å²) in [6, 6.07) is 0. The lowest BCUT2D eigenvalue weighted by Crippen LogP contribution is -2.45. The number of aliphatic hydroxyl groups excluding tert-OH is 1. The van der Waals surface area contributed by atoms with Crippen molar-refractivity contribution in [3.05, 3.63) is 12.2 Å². The van der Waals surface area contributed by atoms with Crippen LogP contribution in [-0.2, 0) is 0 Å². The zero-order chi connectivity index (χ0) is 9.45. The van der Waals surface area contributed by atoms with E-state index in [2.05, 4.69) is 33.0 Å². The molecule has 0 heterocycles. The summed E-state index contributed by atoms with van der Waals surface area (Å²) in [5.74, 6) is 0. The van der Waals surface area contributed by atoms with Crippen molar-refractivity contribution in [2.75, 3.05) is 33.3 Å². The van der Waals surface area contributed by atoms with Crippen LogP contribution < -0.4 is 0 Å². The predicted octanol–water partition coefficient (Wildman–Crippen LogP) is 1.41. The number of likely N-dealkylation sites (N-methyl/N-ethyl adjacent to an activating group) is 1. The van der Waals surface area contributed by atoms with Gasteiger partial charge in [-0.25, -0.2) is 0 Å². The summed E-state index contributed by atoms with van der Waals surface area (Å²) in [4.78, 5) is 0. The monoisotopic (exact) mass is 172 g/mol. The number of aliphatic hydroxyl groups is 1. The largest absolute Gasteiger partial charge is 0.391 e. The molecule has 0 aromatic rings. The van der Waals surface area contributed by atoms with E-state index in [0.717, 1.165) is 30.5 Å². The molecule has 12 heavy (non-hydrogen) atoms. The maximum Gasteiger partial charge on any atom is 0.102 e. The smallest absolute Gasteiger partial charge is 0.102 e. The molecule has 0 amide bonds. The summed E-state index contributed by atoms with van der Waals surface area (Å²) >= 11 is 0. The third-order valence-corrected chi connectivity index (χ3v) is 2.35. The van der Waals surface area contributed by atoms with Crippen molar-refractivity contribution < 1.29 is 9.59 Å². The van der Waals surface area contributed by atoms with Gasteiger partial charge < -0.3 is 9.59 Å². The molecule has 0 spiro atoms. The predicted molar refractivity (Wildman–Crippen MR) is 53.0 cm³/mol. The van der Waals surface area contributed by atoms with Crippen LogP contribution in [0.2, 0.25) is 0 Å². The maximum absolute atomic E-state index is 8.85. The van der Waals surface area contributed by atoms with Gasteiger partial charge in [0.15, 0.2) is 0 Å². The Balaban J connectivity index is 3.86. The van der Waals surface area contributed by atoms with E-state index in [-0.39, 0.29) is 6.61 Å². The highest BCUT2D eigenvalue weighted by atomic mass is 16.3. The van der Waals surface area contributed by atoms with Crippen LogP contribution in [0.15, 0.2) is 12.2 Å². The van der Waals surface area contributed by atoms with Crippen molar-refractivity contribution in [1.29, 1.82) is 0 Å². The molecule has 0 rings (SSSR count). The summed E-state index contributed by atoms with van der Waals surface area (Å²) < 4.78 is 0.938. The fourth-order valence-electron chi connectivity index (χ4n) is 1.12. The van der Waals surface area contributed by atoms with Crippen LogP contribution in [0.5, 0.6) is 0 Å². The Morgan fingerprint density at radius 1 is 1.25 bits per heavy atom. The summed E-state index contributed by atoms with van der Waals surface area (Å²) in [6.07, 6.45) is 5.49. The van der Waals surface area contributed by atoms with Gasteiger partial charge in [0.2, 0.25) is 0 Å². The number of allylic oxidation sites excluding steroid dienone is 1. The SMILES string of the molecule is CC/C=C\C[N+](C)(CC)CCO. The van der Waals surface area contributed by atoms with E-state index in [0.29, 0.717) is 0 Å². The molecule has 0 bridgehead atoms. The fraction of sp³-hybridized carbons (Fsp3) is 0.800. The third kappa shape index (κ3) is 4.52. The van der Waals surface area contributed by atoms with Crippen LogP contribution in [-0.4, -0.2) is 42.9 Å². The van der Waals surface area contributed by atoms with Crippen LogP contribution in [0, 0.1) is 0 Å². The summed E-state index contributed by atoms with van der Waals surface area (Å²) in [5, 5.41) is 8.85. The van der Waals surface area contributed by atoms with Crippen molar-refractivity contribution in [2.45, 2.75) is 20.3 Å². The number of quaternary nitrogens is 1. The van der Waals surface area contributed by atoms with Crippen molar-refractivity contribution in [3.8, 4) is 0 Å². The second-order valence-electron chi connectivity index (χ2n) is 3.45. The third-order valence-electron chi connectivity index (χ3n) is 2.35. The van der Waals surface area contributed by atoms with Crippen LogP contribution in [0.1, 0.15) is 20.3 Å². The number of nitrogens with zero attached hydrogens (tertiary/aromatic N) is 1. The average molecular weight is 172 g/mol. The molecule has 0 aromatic heterocycles. The second kappa shape index (κ2) is 6.21. The van der Waals surface area contributed by atoms with Gasteiger partial charge in [-0.1, -0.05) is 13.0 Å². The summed E-state index contributed by atoms with van der Waals surface area (Å²) in [5.41, 5.74) is 0. The molecule has 2 nitrogen and oxygen atoms in total. The van der Waals surface area contributed by atoms with Crippen LogP contribution in [0.25, 0.3) is 0 Å². The molecule has 0 aliphatic heterocycles. The summed E-state index contributed by atoms with van der Waals surface area (Å²) in [6.45, 7) is 7.54. The molecule has 1 unspecified atom stereocenters. The zero-order valence-corrected chi connectivity index (χ0v) is 8.58. The molecule has 2 heteroatoms. The Labute approximate surface area is 76.1 Å². The summed E-state index contributed by atoms with van der Waals surface area (Å²) in [7, 11) is 2.18. The Morgan fingerprint density at radius 3 is 2.33 bits per heavy atom. The van der Waals surface area contributed by atoms with E-state index in [1.807, 2.05) is 0 Å².